The lowest BCUT2D eigenvalue weighted by Crippen LogP contribution is -2.51. The van der Waals surface area contributed by atoms with Crippen LogP contribution in [0.3, 0.4) is 0 Å². The van der Waals surface area contributed by atoms with E-state index in [1.54, 1.807) is 12.1 Å². The molecule has 1 saturated heterocycles. The van der Waals surface area contributed by atoms with E-state index in [-0.39, 0.29) is 35.6 Å². The number of nitrogens with one attached hydrogen (secondary N) is 1. The van der Waals surface area contributed by atoms with Gasteiger partial charge in [0.05, 0.1) is 6.54 Å². The number of phenols is 1. The number of amides is 1. The first-order chi connectivity index (χ1) is 13.5. The number of piperazine rings is 1. The number of anilines is 1. The number of halogens is 2. The zero-order valence-electron chi connectivity index (χ0n) is 15.9. The lowest BCUT2D eigenvalue weighted by Gasteiger charge is -2.36. The molecule has 0 aromatic heterocycles. The molecule has 1 aliphatic heterocycles. The first-order valence-corrected chi connectivity index (χ1v) is 9.53. The minimum atomic E-state index is -0.203. The molecule has 1 heterocycles. The van der Waals surface area contributed by atoms with Gasteiger partial charge >= 0.3 is 0 Å². The maximum Gasteiger partial charge on any atom is 0.251 e. The largest absolute Gasteiger partial charge is 0.508 e. The molecule has 0 saturated carbocycles. The fraction of sp³-hybridized carbons (Fsp3) is 0.300. The highest BCUT2D eigenvalue weighted by atomic mass is 127. The molecule has 7 nitrogen and oxygen atoms in total. The molecule has 1 aliphatic rings. The van der Waals surface area contributed by atoms with Crippen molar-refractivity contribution in [3.05, 3.63) is 59.1 Å². The number of carbonyl (C=O) groups excluding carboxylic acids is 1. The molecular formula is C20H25ClIN5O2. The third-order valence-electron chi connectivity index (χ3n) is 4.60. The van der Waals surface area contributed by atoms with Crippen LogP contribution in [0.2, 0.25) is 5.02 Å². The number of carbonyl (C=O) groups is 1. The summed E-state index contributed by atoms with van der Waals surface area (Å²) in [5.74, 6) is 0.421. The van der Waals surface area contributed by atoms with Gasteiger partial charge in [-0.25, -0.2) is 0 Å². The summed E-state index contributed by atoms with van der Waals surface area (Å²) in [4.78, 5) is 20.7. The summed E-state index contributed by atoms with van der Waals surface area (Å²) in [5.41, 5.74) is 7.74. The van der Waals surface area contributed by atoms with E-state index < -0.39 is 0 Å². The molecule has 0 atom stereocenters. The van der Waals surface area contributed by atoms with Crippen molar-refractivity contribution in [2.45, 2.75) is 0 Å². The summed E-state index contributed by atoms with van der Waals surface area (Å²) in [6, 6.07) is 13.9. The van der Waals surface area contributed by atoms with Crippen molar-refractivity contribution < 1.29 is 9.90 Å². The number of nitrogens with two attached hydrogens (primary N) is 1. The SMILES string of the molecule is I.NC(=NCCNC(=O)c1ccc(O)cc1)N1CCN(c2ccc(Cl)cc2)CC1. The van der Waals surface area contributed by atoms with Crippen LogP contribution in [0.25, 0.3) is 0 Å². The molecule has 1 amide bonds. The van der Waals surface area contributed by atoms with Gasteiger partial charge in [-0.1, -0.05) is 11.6 Å². The van der Waals surface area contributed by atoms with Gasteiger partial charge in [0, 0.05) is 49.0 Å². The third kappa shape index (κ3) is 6.67. The summed E-state index contributed by atoms with van der Waals surface area (Å²) in [6.45, 7) is 4.10. The molecule has 0 bridgehead atoms. The lowest BCUT2D eigenvalue weighted by atomic mass is 10.2. The highest BCUT2D eigenvalue weighted by molar-refractivity contribution is 14.0. The molecule has 0 spiro atoms. The number of guanidine groups is 1. The van der Waals surface area contributed by atoms with Gasteiger partial charge in [-0.2, -0.15) is 0 Å². The van der Waals surface area contributed by atoms with Crippen LogP contribution in [0.5, 0.6) is 5.75 Å². The predicted molar refractivity (Wildman–Crippen MR) is 128 cm³/mol. The molecule has 2 aromatic rings. The Balaban J connectivity index is 0.00000300. The minimum absolute atomic E-state index is 0. The molecule has 0 aliphatic carbocycles. The van der Waals surface area contributed by atoms with Crippen molar-refractivity contribution in [3.8, 4) is 5.75 Å². The van der Waals surface area contributed by atoms with Gasteiger partial charge in [-0.3, -0.25) is 9.79 Å². The van der Waals surface area contributed by atoms with Crippen LogP contribution in [0.1, 0.15) is 10.4 Å². The van der Waals surface area contributed by atoms with E-state index in [1.807, 2.05) is 29.2 Å². The van der Waals surface area contributed by atoms with Gasteiger partial charge in [-0.05, 0) is 48.5 Å². The molecule has 1 fully saturated rings. The number of hydrogen-bond acceptors (Lipinski definition) is 4. The minimum Gasteiger partial charge on any atom is -0.508 e. The molecule has 2 aromatic carbocycles. The van der Waals surface area contributed by atoms with E-state index in [1.165, 1.54) is 12.1 Å². The van der Waals surface area contributed by atoms with Gasteiger partial charge in [-0.15, -0.1) is 24.0 Å². The number of aromatic hydroxyl groups is 1. The molecule has 156 valence electrons. The number of rotatable bonds is 5. The van der Waals surface area contributed by atoms with Crippen LogP contribution >= 0.6 is 35.6 Å². The standard InChI is InChI=1S/C20H24ClN5O2.HI/c21-16-3-5-17(6-4-16)25-11-13-26(14-12-25)20(22)24-10-9-23-19(28)15-1-7-18(27)8-2-15;/h1-8,27H,9-14H2,(H2,22,24)(H,23,28);1H. The second-order valence-electron chi connectivity index (χ2n) is 6.49. The summed E-state index contributed by atoms with van der Waals surface area (Å²) in [5, 5.41) is 12.8. The molecular weight excluding hydrogens is 505 g/mol. The molecule has 3 rings (SSSR count). The van der Waals surface area contributed by atoms with Gasteiger partial charge in [0.25, 0.3) is 5.91 Å². The monoisotopic (exact) mass is 529 g/mol. The fourth-order valence-corrected chi connectivity index (χ4v) is 3.13. The Morgan fingerprint density at radius 2 is 1.69 bits per heavy atom. The number of phenolic OH excluding ortho intramolecular Hbond substituents is 1. The molecule has 29 heavy (non-hydrogen) atoms. The summed E-state index contributed by atoms with van der Waals surface area (Å²) in [6.07, 6.45) is 0. The average molecular weight is 530 g/mol. The highest BCUT2D eigenvalue weighted by Crippen LogP contribution is 2.19. The van der Waals surface area contributed by atoms with Crippen LogP contribution in [0.15, 0.2) is 53.5 Å². The zero-order valence-corrected chi connectivity index (χ0v) is 19.0. The van der Waals surface area contributed by atoms with E-state index >= 15 is 0 Å². The van der Waals surface area contributed by atoms with E-state index in [4.69, 9.17) is 17.3 Å². The predicted octanol–water partition coefficient (Wildman–Crippen LogP) is 2.53. The van der Waals surface area contributed by atoms with E-state index in [0.717, 1.165) is 36.9 Å². The Kier molecular flexibility index (Phi) is 8.84. The summed E-state index contributed by atoms with van der Waals surface area (Å²) < 4.78 is 0. The van der Waals surface area contributed by atoms with Crippen molar-refractivity contribution in [1.82, 2.24) is 10.2 Å². The van der Waals surface area contributed by atoms with Gasteiger partial charge in [0.15, 0.2) is 5.96 Å². The Morgan fingerprint density at radius 3 is 2.31 bits per heavy atom. The quantitative estimate of drug-likeness (QED) is 0.240. The Morgan fingerprint density at radius 1 is 1.07 bits per heavy atom. The average Bonchev–Trinajstić information content (AvgIpc) is 2.72. The maximum atomic E-state index is 12.0. The highest BCUT2D eigenvalue weighted by Gasteiger charge is 2.18. The lowest BCUT2D eigenvalue weighted by molar-refractivity contribution is 0.0955. The topological polar surface area (TPSA) is 94.2 Å². The number of aliphatic imine (C=N–C) groups is 1. The fourth-order valence-electron chi connectivity index (χ4n) is 3.00. The van der Waals surface area contributed by atoms with Crippen molar-refractivity contribution in [1.29, 1.82) is 0 Å². The van der Waals surface area contributed by atoms with Gasteiger partial charge in [0.2, 0.25) is 0 Å². The summed E-state index contributed by atoms with van der Waals surface area (Å²) in [7, 11) is 0. The van der Waals surface area contributed by atoms with Crippen molar-refractivity contribution in [3.63, 3.8) is 0 Å². The van der Waals surface area contributed by atoms with Crippen LogP contribution in [-0.2, 0) is 0 Å². The second-order valence-corrected chi connectivity index (χ2v) is 6.93. The van der Waals surface area contributed by atoms with Crippen molar-refractivity contribution in [2.75, 3.05) is 44.2 Å². The smallest absolute Gasteiger partial charge is 0.251 e. The van der Waals surface area contributed by atoms with Crippen LogP contribution < -0.4 is 16.0 Å². The van der Waals surface area contributed by atoms with Gasteiger partial charge in [0.1, 0.15) is 5.75 Å². The van der Waals surface area contributed by atoms with Gasteiger partial charge < -0.3 is 26.0 Å². The third-order valence-corrected chi connectivity index (χ3v) is 4.85. The van der Waals surface area contributed by atoms with Crippen molar-refractivity contribution >= 4 is 53.1 Å². The summed E-state index contributed by atoms with van der Waals surface area (Å²) >= 11 is 5.94. The maximum absolute atomic E-state index is 12.0. The van der Waals surface area contributed by atoms with E-state index in [9.17, 15) is 9.90 Å². The first kappa shape index (κ1) is 23.1. The normalized spacial score (nSPS) is 14.3. The number of nitrogens with zero attached hydrogens (tertiary/aromatic N) is 3. The number of hydrogen-bond donors (Lipinski definition) is 3. The Hall–Kier alpha value is -2.20. The Bertz CT molecular complexity index is 822. The molecule has 0 unspecified atom stereocenters. The van der Waals surface area contributed by atoms with Crippen LogP contribution in [0, 0.1) is 0 Å². The number of benzene rings is 2. The van der Waals surface area contributed by atoms with E-state index in [2.05, 4.69) is 15.2 Å². The second kappa shape index (κ2) is 11.1. The molecule has 9 heteroatoms. The zero-order chi connectivity index (χ0) is 19.9. The van der Waals surface area contributed by atoms with E-state index in [0.29, 0.717) is 24.6 Å². The molecule has 4 N–H and O–H groups in total. The van der Waals surface area contributed by atoms with Crippen LogP contribution in [0.4, 0.5) is 5.69 Å². The Labute approximate surface area is 192 Å². The first-order valence-electron chi connectivity index (χ1n) is 9.15. The van der Waals surface area contributed by atoms with Crippen molar-refractivity contribution in [2.24, 2.45) is 10.7 Å². The molecule has 0 radical (unpaired) electrons. The van der Waals surface area contributed by atoms with Crippen LogP contribution in [-0.4, -0.2) is 61.1 Å².